The minimum atomic E-state index is -0.232. The van der Waals surface area contributed by atoms with Gasteiger partial charge in [0.05, 0.1) is 7.11 Å². The maximum absolute atomic E-state index is 14.3. The summed E-state index contributed by atoms with van der Waals surface area (Å²) in [6, 6.07) is 5.80. The molecular weight excluding hydrogens is 267 g/mol. The van der Waals surface area contributed by atoms with Crippen LogP contribution in [-0.2, 0) is 6.54 Å². The first-order valence-electron chi connectivity index (χ1n) is 7.69. The molecule has 0 saturated carbocycles. The molecule has 1 aromatic carbocycles. The number of nitrogens with zero attached hydrogens (tertiary/aromatic N) is 1. The number of nitrogens with one attached hydrogen (secondary N) is 1. The average Bonchev–Trinajstić information content (AvgIpc) is 2.66. The van der Waals surface area contributed by atoms with Gasteiger partial charge in [-0.15, -0.1) is 0 Å². The van der Waals surface area contributed by atoms with Crippen molar-refractivity contribution in [2.24, 2.45) is 5.41 Å². The second-order valence-corrected chi connectivity index (χ2v) is 6.89. The summed E-state index contributed by atoms with van der Waals surface area (Å²) in [7, 11) is 1.51. The molecule has 1 unspecified atom stereocenters. The molecule has 0 aromatic heterocycles. The van der Waals surface area contributed by atoms with E-state index in [0.717, 1.165) is 26.1 Å². The van der Waals surface area contributed by atoms with Gasteiger partial charge in [-0.2, -0.15) is 0 Å². The van der Waals surface area contributed by atoms with Gasteiger partial charge in [0.2, 0.25) is 0 Å². The van der Waals surface area contributed by atoms with Gasteiger partial charge < -0.3 is 10.1 Å². The Labute approximate surface area is 127 Å². The highest BCUT2D eigenvalue weighted by Crippen LogP contribution is 2.25. The van der Waals surface area contributed by atoms with Gasteiger partial charge in [-0.05, 0) is 31.0 Å². The van der Waals surface area contributed by atoms with Crippen LogP contribution >= 0.6 is 0 Å². The zero-order valence-electron chi connectivity index (χ0n) is 13.6. The maximum atomic E-state index is 14.3. The molecule has 2 rings (SSSR count). The summed E-state index contributed by atoms with van der Waals surface area (Å²) in [6.07, 6.45) is 1.10. The molecule has 0 aliphatic carbocycles. The quantitative estimate of drug-likeness (QED) is 0.927. The highest BCUT2D eigenvalue weighted by molar-refractivity contribution is 5.31. The molecule has 1 aromatic rings. The van der Waals surface area contributed by atoms with Crippen molar-refractivity contribution in [2.45, 2.75) is 39.8 Å². The van der Waals surface area contributed by atoms with E-state index in [2.05, 4.69) is 31.0 Å². The molecule has 0 amide bonds. The van der Waals surface area contributed by atoms with Gasteiger partial charge in [0, 0.05) is 24.7 Å². The third-order valence-electron chi connectivity index (χ3n) is 4.19. The molecule has 21 heavy (non-hydrogen) atoms. The molecule has 4 heteroatoms. The molecule has 118 valence electrons. The Morgan fingerprint density at radius 1 is 1.38 bits per heavy atom. The summed E-state index contributed by atoms with van der Waals surface area (Å²) in [6.45, 7) is 10.4. The number of ether oxygens (including phenoxy) is 1. The molecule has 3 nitrogen and oxygen atoms in total. The Hall–Kier alpha value is -1.13. The van der Waals surface area contributed by atoms with Crippen molar-refractivity contribution in [1.82, 2.24) is 10.2 Å². The van der Waals surface area contributed by atoms with Crippen molar-refractivity contribution in [3.05, 3.63) is 29.6 Å². The van der Waals surface area contributed by atoms with Gasteiger partial charge in [0.25, 0.3) is 0 Å². The van der Waals surface area contributed by atoms with E-state index in [1.165, 1.54) is 7.11 Å². The summed E-state index contributed by atoms with van der Waals surface area (Å²) < 4.78 is 19.4. The van der Waals surface area contributed by atoms with Crippen LogP contribution in [-0.4, -0.2) is 37.7 Å². The molecule has 0 spiro atoms. The van der Waals surface area contributed by atoms with Crippen molar-refractivity contribution in [2.75, 3.05) is 26.7 Å². The minimum absolute atomic E-state index is 0.204. The van der Waals surface area contributed by atoms with Gasteiger partial charge in [-0.25, -0.2) is 4.39 Å². The van der Waals surface area contributed by atoms with Crippen molar-refractivity contribution >= 4 is 0 Å². The van der Waals surface area contributed by atoms with E-state index >= 15 is 0 Å². The highest BCUT2D eigenvalue weighted by Gasteiger charge is 2.28. The van der Waals surface area contributed by atoms with Crippen LogP contribution in [0.2, 0.25) is 0 Å². The summed E-state index contributed by atoms with van der Waals surface area (Å²) in [5, 5.41) is 3.61. The van der Waals surface area contributed by atoms with Gasteiger partial charge in [-0.1, -0.05) is 32.9 Å². The van der Waals surface area contributed by atoms with E-state index in [1.807, 2.05) is 12.1 Å². The Balaban J connectivity index is 2.11. The molecule has 1 aliphatic heterocycles. The molecule has 1 heterocycles. The molecular formula is C17H27FN2O. The zero-order valence-corrected chi connectivity index (χ0v) is 13.6. The first kappa shape index (κ1) is 16.2. The SMILES string of the molecule is COc1cccc(CN2CCCNC(C(C)(C)C)C2)c1F. The normalized spacial score (nSPS) is 21.1. The van der Waals surface area contributed by atoms with E-state index in [9.17, 15) is 4.39 Å². The Kier molecular flexibility index (Phi) is 5.22. The van der Waals surface area contributed by atoms with E-state index in [-0.39, 0.29) is 11.2 Å². The predicted molar refractivity (Wildman–Crippen MR) is 84.1 cm³/mol. The number of halogens is 1. The predicted octanol–water partition coefficient (Wildman–Crippen LogP) is 3.04. The Morgan fingerprint density at radius 2 is 2.14 bits per heavy atom. The topological polar surface area (TPSA) is 24.5 Å². The zero-order chi connectivity index (χ0) is 15.5. The minimum Gasteiger partial charge on any atom is -0.494 e. The molecule has 0 radical (unpaired) electrons. The van der Waals surface area contributed by atoms with Gasteiger partial charge >= 0.3 is 0 Å². The first-order chi connectivity index (χ1) is 9.91. The lowest BCUT2D eigenvalue weighted by molar-refractivity contribution is 0.190. The highest BCUT2D eigenvalue weighted by atomic mass is 19.1. The monoisotopic (exact) mass is 294 g/mol. The number of hydrogen-bond acceptors (Lipinski definition) is 3. The van der Waals surface area contributed by atoms with E-state index in [4.69, 9.17) is 4.74 Å². The maximum Gasteiger partial charge on any atom is 0.169 e. The Morgan fingerprint density at radius 3 is 2.81 bits per heavy atom. The summed E-state index contributed by atoms with van der Waals surface area (Å²) in [5.74, 6) is 0.0948. The molecule has 1 saturated heterocycles. The number of methoxy groups -OCH3 is 1. The second-order valence-electron chi connectivity index (χ2n) is 6.89. The standard InChI is InChI=1S/C17H27FN2O/c1-17(2,3)15-12-20(10-6-9-19-15)11-13-7-5-8-14(21-4)16(13)18/h5,7-8,15,19H,6,9-12H2,1-4H3. The fourth-order valence-corrected chi connectivity index (χ4v) is 2.79. The van der Waals surface area contributed by atoms with Crippen LogP contribution in [0.4, 0.5) is 4.39 Å². The van der Waals surface area contributed by atoms with E-state index in [1.54, 1.807) is 6.07 Å². The van der Waals surface area contributed by atoms with Crippen molar-refractivity contribution < 1.29 is 9.13 Å². The smallest absolute Gasteiger partial charge is 0.169 e. The van der Waals surface area contributed by atoms with Crippen molar-refractivity contribution in [3.8, 4) is 5.75 Å². The van der Waals surface area contributed by atoms with Crippen LogP contribution in [0.25, 0.3) is 0 Å². The number of hydrogen-bond donors (Lipinski definition) is 1. The van der Waals surface area contributed by atoms with Crippen LogP contribution in [0.5, 0.6) is 5.75 Å². The van der Waals surface area contributed by atoms with Gasteiger partial charge in [-0.3, -0.25) is 4.90 Å². The molecule has 0 bridgehead atoms. The Bertz CT molecular complexity index is 470. The summed E-state index contributed by atoms with van der Waals surface area (Å²) in [4.78, 5) is 2.34. The molecule has 1 N–H and O–H groups in total. The molecule has 1 aliphatic rings. The van der Waals surface area contributed by atoms with Crippen LogP contribution in [0, 0.1) is 11.2 Å². The van der Waals surface area contributed by atoms with Crippen LogP contribution in [0.15, 0.2) is 18.2 Å². The summed E-state index contributed by atoms with van der Waals surface area (Å²) >= 11 is 0. The van der Waals surface area contributed by atoms with Gasteiger partial charge in [0.15, 0.2) is 11.6 Å². The van der Waals surface area contributed by atoms with Crippen LogP contribution in [0.3, 0.4) is 0 Å². The average molecular weight is 294 g/mol. The first-order valence-corrected chi connectivity index (χ1v) is 7.69. The van der Waals surface area contributed by atoms with Crippen LogP contribution in [0.1, 0.15) is 32.8 Å². The van der Waals surface area contributed by atoms with Crippen molar-refractivity contribution in [3.63, 3.8) is 0 Å². The second kappa shape index (κ2) is 6.75. The number of rotatable bonds is 3. The molecule has 1 atom stereocenters. The van der Waals surface area contributed by atoms with Gasteiger partial charge in [0.1, 0.15) is 0 Å². The largest absolute Gasteiger partial charge is 0.494 e. The summed E-state index contributed by atoms with van der Waals surface area (Å²) in [5.41, 5.74) is 0.916. The lowest BCUT2D eigenvalue weighted by atomic mass is 9.86. The van der Waals surface area contributed by atoms with Crippen molar-refractivity contribution in [1.29, 1.82) is 0 Å². The molecule has 1 fully saturated rings. The van der Waals surface area contributed by atoms with Crippen LogP contribution < -0.4 is 10.1 Å². The fourth-order valence-electron chi connectivity index (χ4n) is 2.79. The third kappa shape index (κ3) is 4.17. The van der Waals surface area contributed by atoms with E-state index in [0.29, 0.717) is 23.9 Å². The van der Waals surface area contributed by atoms with E-state index < -0.39 is 0 Å². The lowest BCUT2D eigenvalue weighted by Gasteiger charge is -2.33. The lowest BCUT2D eigenvalue weighted by Crippen LogP contribution is -2.46. The third-order valence-corrected chi connectivity index (χ3v) is 4.19. The number of benzene rings is 1. The fraction of sp³-hybridized carbons (Fsp3) is 0.647.